The first kappa shape index (κ1) is 13.4. The van der Waals surface area contributed by atoms with Gasteiger partial charge in [-0.25, -0.2) is 0 Å². The van der Waals surface area contributed by atoms with Gasteiger partial charge in [0.25, 0.3) is 0 Å². The minimum absolute atomic E-state index is 0.406. The first-order valence-corrected chi connectivity index (χ1v) is 6.62. The van der Waals surface area contributed by atoms with E-state index in [0.717, 1.165) is 19.3 Å². The zero-order valence-corrected chi connectivity index (χ0v) is 10.9. The summed E-state index contributed by atoms with van der Waals surface area (Å²) in [6, 6.07) is 6.87. The number of halogens is 1. The summed E-state index contributed by atoms with van der Waals surface area (Å²) in [5.74, 6) is -1.95. The van der Waals surface area contributed by atoms with Crippen LogP contribution in [0.3, 0.4) is 0 Å². The van der Waals surface area contributed by atoms with Crippen molar-refractivity contribution in [1.29, 1.82) is 0 Å². The van der Waals surface area contributed by atoms with Gasteiger partial charge in [-0.1, -0.05) is 49.1 Å². The third kappa shape index (κ3) is 2.52. The van der Waals surface area contributed by atoms with Crippen molar-refractivity contribution in [1.82, 2.24) is 0 Å². The Morgan fingerprint density at radius 3 is 2.39 bits per heavy atom. The summed E-state index contributed by atoms with van der Waals surface area (Å²) in [6.07, 6.45) is 3.83. The molecular formula is C14H17ClO3. The van der Waals surface area contributed by atoms with E-state index in [1.54, 1.807) is 24.3 Å². The number of aliphatic carboxylic acids is 1. The Hall–Kier alpha value is -1.06. The van der Waals surface area contributed by atoms with Crippen molar-refractivity contribution in [3.05, 3.63) is 34.9 Å². The van der Waals surface area contributed by atoms with Gasteiger partial charge in [-0.2, -0.15) is 0 Å². The fourth-order valence-corrected chi connectivity index (χ4v) is 3.06. The Kier molecular flexibility index (Phi) is 3.93. The maximum Gasteiger partial charge on any atom is 0.313 e. The van der Waals surface area contributed by atoms with Crippen LogP contribution in [0.1, 0.15) is 43.6 Å². The van der Waals surface area contributed by atoms with Crippen LogP contribution in [0.15, 0.2) is 24.3 Å². The molecule has 0 amide bonds. The van der Waals surface area contributed by atoms with Crippen LogP contribution in [0.25, 0.3) is 0 Å². The molecule has 0 radical (unpaired) electrons. The van der Waals surface area contributed by atoms with Crippen LogP contribution < -0.4 is 0 Å². The van der Waals surface area contributed by atoms with Gasteiger partial charge in [-0.3, -0.25) is 4.79 Å². The maximum atomic E-state index is 11.5. The van der Waals surface area contributed by atoms with Gasteiger partial charge in [0.15, 0.2) is 0 Å². The molecule has 1 aliphatic rings. The van der Waals surface area contributed by atoms with Crippen molar-refractivity contribution in [2.24, 2.45) is 0 Å². The van der Waals surface area contributed by atoms with Crippen LogP contribution in [0.4, 0.5) is 0 Å². The number of benzene rings is 1. The van der Waals surface area contributed by atoms with Crippen LogP contribution >= 0.6 is 11.6 Å². The average Bonchev–Trinajstić information content (AvgIpc) is 2.32. The zero-order chi connectivity index (χ0) is 13.2. The molecule has 1 aromatic rings. The highest BCUT2D eigenvalue weighted by Crippen LogP contribution is 2.42. The first-order chi connectivity index (χ1) is 8.54. The molecule has 18 heavy (non-hydrogen) atoms. The molecule has 1 fully saturated rings. The zero-order valence-electron chi connectivity index (χ0n) is 10.1. The molecule has 2 N–H and O–H groups in total. The molecule has 0 bridgehead atoms. The predicted octanol–water partition coefficient (Wildman–Crippen LogP) is 3.20. The van der Waals surface area contributed by atoms with Crippen molar-refractivity contribution >= 4 is 17.6 Å². The highest BCUT2D eigenvalue weighted by molar-refractivity contribution is 6.31. The fourth-order valence-electron chi connectivity index (χ4n) is 2.81. The van der Waals surface area contributed by atoms with Crippen molar-refractivity contribution in [3.8, 4) is 0 Å². The summed E-state index contributed by atoms with van der Waals surface area (Å²) in [5, 5.41) is 20.5. The van der Waals surface area contributed by atoms with Gasteiger partial charge in [0.05, 0.1) is 5.60 Å². The van der Waals surface area contributed by atoms with Gasteiger partial charge in [0, 0.05) is 5.02 Å². The van der Waals surface area contributed by atoms with Gasteiger partial charge in [0.2, 0.25) is 0 Å². The van der Waals surface area contributed by atoms with Gasteiger partial charge in [-0.15, -0.1) is 0 Å². The fraction of sp³-hybridized carbons (Fsp3) is 0.500. The van der Waals surface area contributed by atoms with E-state index in [2.05, 4.69) is 0 Å². The SMILES string of the molecule is O=C(O)C(c1ccccc1Cl)C1(O)CCCCC1. The highest BCUT2D eigenvalue weighted by atomic mass is 35.5. The molecule has 2 rings (SSSR count). The van der Waals surface area contributed by atoms with E-state index in [1.165, 1.54) is 0 Å². The van der Waals surface area contributed by atoms with E-state index in [9.17, 15) is 15.0 Å². The number of aliphatic hydroxyl groups is 1. The molecule has 1 unspecified atom stereocenters. The number of carboxylic acid groups (broad SMARTS) is 1. The number of hydrogen-bond acceptors (Lipinski definition) is 2. The standard InChI is InChI=1S/C14H17ClO3/c15-11-7-3-2-6-10(11)12(13(16)17)14(18)8-4-1-5-9-14/h2-3,6-7,12,18H,1,4-5,8-9H2,(H,16,17). The molecule has 1 atom stereocenters. The third-order valence-corrected chi connectivity index (χ3v) is 4.06. The van der Waals surface area contributed by atoms with Crippen molar-refractivity contribution < 1.29 is 15.0 Å². The van der Waals surface area contributed by atoms with Gasteiger partial charge < -0.3 is 10.2 Å². The minimum atomic E-state index is -1.17. The topological polar surface area (TPSA) is 57.5 Å². The second-order valence-corrected chi connectivity index (χ2v) is 5.36. The first-order valence-electron chi connectivity index (χ1n) is 6.24. The monoisotopic (exact) mass is 268 g/mol. The van der Waals surface area contributed by atoms with Crippen LogP contribution in [0, 0.1) is 0 Å². The lowest BCUT2D eigenvalue weighted by Crippen LogP contribution is -2.42. The van der Waals surface area contributed by atoms with Crippen LogP contribution in [-0.2, 0) is 4.79 Å². The second-order valence-electron chi connectivity index (χ2n) is 4.96. The summed E-state index contributed by atoms with van der Waals surface area (Å²) < 4.78 is 0. The molecule has 4 heteroatoms. The molecule has 0 aromatic heterocycles. The lowest BCUT2D eigenvalue weighted by atomic mass is 9.73. The van der Waals surface area contributed by atoms with Gasteiger partial charge in [-0.05, 0) is 24.5 Å². The lowest BCUT2D eigenvalue weighted by Gasteiger charge is -2.37. The van der Waals surface area contributed by atoms with Crippen molar-refractivity contribution in [2.75, 3.05) is 0 Å². The van der Waals surface area contributed by atoms with E-state index in [4.69, 9.17) is 11.6 Å². The van der Waals surface area contributed by atoms with Gasteiger partial charge >= 0.3 is 5.97 Å². The average molecular weight is 269 g/mol. The van der Waals surface area contributed by atoms with Gasteiger partial charge in [0.1, 0.15) is 5.92 Å². The van der Waals surface area contributed by atoms with E-state index >= 15 is 0 Å². The smallest absolute Gasteiger partial charge is 0.313 e. The van der Waals surface area contributed by atoms with Crippen LogP contribution in [0.2, 0.25) is 5.02 Å². The Bertz CT molecular complexity index is 438. The molecule has 1 aromatic carbocycles. The molecule has 0 spiro atoms. The van der Waals surface area contributed by atoms with Crippen molar-refractivity contribution in [2.45, 2.75) is 43.6 Å². The van der Waals surface area contributed by atoms with E-state index in [-0.39, 0.29) is 0 Å². The molecule has 0 saturated heterocycles. The van der Waals surface area contributed by atoms with E-state index in [1.807, 2.05) is 0 Å². The Balaban J connectivity index is 2.40. The van der Waals surface area contributed by atoms with E-state index < -0.39 is 17.5 Å². The number of hydrogen-bond donors (Lipinski definition) is 2. The number of carboxylic acids is 1. The Labute approximate surface area is 111 Å². The molecule has 3 nitrogen and oxygen atoms in total. The summed E-state index contributed by atoms with van der Waals surface area (Å²) in [7, 11) is 0. The summed E-state index contributed by atoms with van der Waals surface area (Å²) in [4.78, 5) is 11.5. The highest BCUT2D eigenvalue weighted by Gasteiger charge is 2.43. The van der Waals surface area contributed by atoms with E-state index in [0.29, 0.717) is 23.4 Å². The second kappa shape index (κ2) is 5.29. The molecule has 1 aliphatic carbocycles. The summed E-state index contributed by atoms with van der Waals surface area (Å²) in [6.45, 7) is 0. The lowest BCUT2D eigenvalue weighted by molar-refractivity contribution is -0.147. The van der Waals surface area contributed by atoms with Crippen molar-refractivity contribution in [3.63, 3.8) is 0 Å². The molecular weight excluding hydrogens is 252 g/mol. The Morgan fingerprint density at radius 2 is 1.83 bits per heavy atom. The normalized spacial score (nSPS) is 20.3. The minimum Gasteiger partial charge on any atom is -0.481 e. The summed E-state index contributed by atoms with van der Waals surface area (Å²) >= 11 is 6.07. The Morgan fingerprint density at radius 1 is 1.22 bits per heavy atom. The number of rotatable bonds is 3. The third-order valence-electron chi connectivity index (χ3n) is 3.72. The predicted molar refractivity (Wildman–Crippen MR) is 69.9 cm³/mol. The molecule has 98 valence electrons. The number of carbonyl (C=O) groups is 1. The quantitative estimate of drug-likeness (QED) is 0.885. The molecule has 0 heterocycles. The largest absolute Gasteiger partial charge is 0.481 e. The summed E-state index contributed by atoms with van der Waals surface area (Å²) in [5.41, 5.74) is -0.661. The van der Waals surface area contributed by atoms with Crippen LogP contribution in [0.5, 0.6) is 0 Å². The maximum absolute atomic E-state index is 11.5. The van der Waals surface area contributed by atoms with Crippen LogP contribution in [-0.4, -0.2) is 21.8 Å². The molecule has 0 aliphatic heterocycles. The molecule has 1 saturated carbocycles.